The minimum Gasteiger partial charge on any atom is -0.394 e. The first-order chi connectivity index (χ1) is 10.2. The van der Waals surface area contributed by atoms with E-state index in [-0.39, 0.29) is 18.6 Å². The number of halogens is 1. The molecule has 6 heteroatoms. The van der Waals surface area contributed by atoms with Gasteiger partial charge in [-0.2, -0.15) is 0 Å². The molecular weight excluding hydrogens is 336 g/mol. The van der Waals surface area contributed by atoms with Crippen molar-refractivity contribution in [2.24, 2.45) is 0 Å². The molecule has 1 aliphatic heterocycles. The molecule has 0 radical (unpaired) electrons. The van der Waals surface area contributed by atoms with Crippen molar-refractivity contribution < 1.29 is 14.6 Å². The molecule has 116 valence electrons. The number of hydrogen-bond acceptors (Lipinski definition) is 4. The molecule has 0 aromatic heterocycles. The molecule has 1 amide bonds. The van der Waals surface area contributed by atoms with Gasteiger partial charge in [0.05, 0.1) is 25.9 Å². The van der Waals surface area contributed by atoms with Gasteiger partial charge in [-0.25, -0.2) is 0 Å². The van der Waals surface area contributed by atoms with Gasteiger partial charge in [-0.15, -0.1) is 0 Å². The lowest BCUT2D eigenvalue weighted by Gasteiger charge is -2.31. The molecule has 0 aliphatic carbocycles. The van der Waals surface area contributed by atoms with Crippen LogP contribution in [-0.2, 0) is 9.53 Å². The van der Waals surface area contributed by atoms with E-state index in [0.29, 0.717) is 13.2 Å². The number of carbonyl (C=O) groups excluding carboxylic acids is 1. The van der Waals surface area contributed by atoms with Gasteiger partial charge in [0.25, 0.3) is 0 Å². The number of nitrogens with zero attached hydrogens (tertiary/aromatic N) is 1. The molecule has 1 aliphatic rings. The molecule has 2 N–H and O–H groups in total. The molecule has 0 unspecified atom stereocenters. The second-order valence-corrected chi connectivity index (χ2v) is 6.04. The quantitative estimate of drug-likeness (QED) is 0.816. The molecule has 0 spiro atoms. The fraction of sp³-hybridized carbons (Fsp3) is 0.533. The number of aliphatic hydroxyl groups is 1. The van der Waals surface area contributed by atoms with E-state index in [1.165, 1.54) is 0 Å². The van der Waals surface area contributed by atoms with E-state index in [1.807, 2.05) is 24.3 Å². The van der Waals surface area contributed by atoms with Gasteiger partial charge in [0.15, 0.2) is 0 Å². The largest absolute Gasteiger partial charge is 0.394 e. The molecule has 1 aromatic rings. The van der Waals surface area contributed by atoms with Gasteiger partial charge in [0, 0.05) is 23.2 Å². The number of piperidine rings is 1. The predicted molar refractivity (Wildman–Crippen MR) is 85.3 cm³/mol. The Morgan fingerprint density at radius 1 is 1.43 bits per heavy atom. The van der Waals surface area contributed by atoms with Crippen LogP contribution in [0.5, 0.6) is 0 Å². The Labute approximate surface area is 133 Å². The second kappa shape index (κ2) is 8.48. The number of nitrogens with one attached hydrogen (secondary N) is 1. The molecular formula is C15H21BrN2O3. The molecule has 1 saturated heterocycles. The van der Waals surface area contributed by atoms with Gasteiger partial charge in [-0.3, -0.25) is 9.69 Å². The molecule has 5 nitrogen and oxygen atoms in total. The lowest BCUT2D eigenvalue weighted by Crippen LogP contribution is -2.41. The van der Waals surface area contributed by atoms with E-state index < -0.39 is 0 Å². The average molecular weight is 357 g/mol. The Morgan fingerprint density at radius 3 is 2.86 bits per heavy atom. The van der Waals surface area contributed by atoms with Crippen molar-refractivity contribution in [2.45, 2.75) is 18.9 Å². The Hall–Kier alpha value is -0.950. The highest BCUT2D eigenvalue weighted by Gasteiger charge is 2.21. The zero-order valence-corrected chi connectivity index (χ0v) is 13.5. The van der Waals surface area contributed by atoms with Crippen molar-refractivity contribution in [3.8, 4) is 0 Å². The van der Waals surface area contributed by atoms with Crippen LogP contribution in [0.15, 0.2) is 28.7 Å². The summed E-state index contributed by atoms with van der Waals surface area (Å²) in [5, 5.41) is 11.6. The van der Waals surface area contributed by atoms with Crippen LogP contribution in [-0.4, -0.2) is 54.9 Å². The summed E-state index contributed by atoms with van der Waals surface area (Å²) in [6.45, 7) is 2.56. The smallest absolute Gasteiger partial charge is 0.238 e. The Morgan fingerprint density at radius 2 is 2.19 bits per heavy atom. The lowest BCUT2D eigenvalue weighted by molar-refractivity contribution is -0.118. The van der Waals surface area contributed by atoms with Crippen LogP contribution in [0.1, 0.15) is 12.8 Å². The SMILES string of the molecule is O=C(CN1CCC(OCCO)CC1)Nc1cccc(Br)c1. The first kappa shape index (κ1) is 16.4. The van der Waals surface area contributed by atoms with Gasteiger partial charge in [-0.05, 0) is 31.0 Å². The number of likely N-dealkylation sites (tertiary alicyclic amines) is 1. The number of amides is 1. The summed E-state index contributed by atoms with van der Waals surface area (Å²) in [6.07, 6.45) is 2.02. The van der Waals surface area contributed by atoms with E-state index in [4.69, 9.17) is 9.84 Å². The number of ether oxygens (including phenoxy) is 1. The summed E-state index contributed by atoms with van der Waals surface area (Å²) in [7, 11) is 0. The Bertz CT molecular complexity index is 462. The van der Waals surface area contributed by atoms with Crippen LogP contribution in [0, 0.1) is 0 Å². The minimum atomic E-state index is 0.00262. The van der Waals surface area contributed by atoms with Crippen molar-refractivity contribution in [2.75, 3.05) is 38.2 Å². The number of benzene rings is 1. The van der Waals surface area contributed by atoms with Gasteiger partial charge in [0.2, 0.25) is 5.91 Å². The lowest BCUT2D eigenvalue weighted by atomic mass is 10.1. The van der Waals surface area contributed by atoms with E-state index in [0.717, 1.165) is 36.1 Å². The van der Waals surface area contributed by atoms with Crippen LogP contribution >= 0.6 is 15.9 Å². The van der Waals surface area contributed by atoms with Crippen LogP contribution in [0.25, 0.3) is 0 Å². The molecule has 0 bridgehead atoms. The molecule has 2 rings (SSSR count). The zero-order valence-electron chi connectivity index (χ0n) is 11.9. The summed E-state index contributed by atoms with van der Waals surface area (Å²) in [5.74, 6) is 0.00262. The number of anilines is 1. The van der Waals surface area contributed by atoms with Crippen molar-refractivity contribution in [1.82, 2.24) is 4.90 Å². The fourth-order valence-electron chi connectivity index (χ4n) is 2.42. The Kier molecular flexibility index (Phi) is 6.63. The van der Waals surface area contributed by atoms with E-state index in [1.54, 1.807) is 0 Å². The first-order valence-electron chi connectivity index (χ1n) is 7.17. The van der Waals surface area contributed by atoms with Crippen molar-refractivity contribution in [3.63, 3.8) is 0 Å². The molecule has 1 heterocycles. The molecule has 1 aromatic carbocycles. The van der Waals surface area contributed by atoms with Gasteiger partial charge in [-0.1, -0.05) is 22.0 Å². The highest BCUT2D eigenvalue weighted by atomic mass is 79.9. The molecule has 21 heavy (non-hydrogen) atoms. The van der Waals surface area contributed by atoms with Crippen LogP contribution in [0.2, 0.25) is 0 Å². The van der Waals surface area contributed by atoms with Crippen molar-refractivity contribution in [1.29, 1.82) is 0 Å². The second-order valence-electron chi connectivity index (χ2n) is 5.13. The number of aliphatic hydroxyl groups excluding tert-OH is 1. The van der Waals surface area contributed by atoms with Gasteiger partial charge < -0.3 is 15.2 Å². The summed E-state index contributed by atoms with van der Waals surface area (Å²) in [5.41, 5.74) is 0.801. The third kappa shape index (κ3) is 5.74. The van der Waals surface area contributed by atoms with Crippen LogP contribution < -0.4 is 5.32 Å². The third-order valence-electron chi connectivity index (χ3n) is 3.46. The topological polar surface area (TPSA) is 61.8 Å². The predicted octanol–water partition coefficient (Wildman–Crippen LogP) is 1.86. The number of carbonyl (C=O) groups is 1. The molecule has 0 saturated carbocycles. The zero-order chi connectivity index (χ0) is 15.1. The third-order valence-corrected chi connectivity index (χ3v) is 3.95. The highest BCUT2D eigenvalue weighted by Crippen LogP contribution is 2.16. The summed E-state index contributed by atoms with van der Waals surface area (Å²) >= 11 is 3.38. The van der Waals surface area contributed by atoms with Crippen LogP contribution in [0.3, 0.4) is 0 Å². The normalized spacial score (nSPS) is 16.9. The molecule has 1 fully saturated rings. The van der Waals surface area contributed by atoms with E-state index in [9.17, 15) is 4.79 Å². The van der Waals surface area contributed by atoms with Crippen molar-refractivity contribution >= 4 is 27.5 Å². The summed E-state index contributed by atoms with van der Waals surface area (Å²) in [6, 6.07) is 7.57. The summed E-state index contributed by atoms with van der Waals surface area (Å²) in [4.78, 5) is 14.1. The summed E-state index contributed by atoms with van der Waals surface area (Å²) < 4.78 is 6.46. The van der Waals surface area contributed by atoms with Gasteiger partial charge >= 0.3 is 0 Å². The first-order valence-corrected chi connectivity index (χ1v) is 7.97. The van der Waals surface area contributed by atoms with E-state index >= 15 is 0 Å². The standard InChI is InChI=1S/C15H21BrN2O3/c16-12-2-1-3-13(10-12)17-15(20)11-18-6-4-14(5-7-18)21-9-8-19/h1-3,10,14,19H,4-9,11H2,(H,17,20). The molecule has 0 atom stereocenters. The highest BCUT2D eigenvalue weighted by molar-refractivity contribution is 9.10. The fourth-order valence-corrected chi connectivity index (χ4v) is 2.82. The maximum absolute atomic E-state index is 12.0. The Balaban J connectivity index is 1.72. The average Bonchev–Trinajstić information content (AvgIpc) is 2.46. The van der Waals surface area contributed by atoms with E-state index in [2.05, 4.69) is 26.1 Å². The van der Waals surface area contributed by atoms with Crippen LogP contribution in [0.4, 0.5) is 5.69 Å². The maximum Gasteiger partial charge on any atom is 0.238 e. The number of rotatable bonds is 6. The number of hydrogen-bond donors (Lipinski definition) is 2. The van der Waals surface area contributed by atoms with Gasteiger partial charge in [0.1, 0.15) is 0 Å². The monoisotopic (exact) mass is 356 g/mol. The maximum atomic E-state index is 12.0. The van der Waals surface area contributed by atoms with Crippen molar-refractivity contribution in [3.05, 3.63) is 28.7 Å². The minimum absolute atomic E-state index is 0.00262.